The Kier molecular flexibility index (Phi) is 5.91. The fourth-order valence-corrected chi connectivity index (χ4v) is 5.45. The maximum atomic E-state index is 11.8. The molecule has 9 heteroatoms. The lowest BCUT2D eigenvalue weighted by Gasteiger charge is -2.34. The fraction of sp³-hybridized carbons (Fsp3) is 0.444. The number of nitrogens with zero attached hydrogens (tertiary/aromatic N) is 7. The van der Waals surface area contributed by atoms with E-state index in [2.05, 4.69) is 38.9 Å². The Morgan fingerprint density at radius 3 is 2.58 bits per heavy atom. The van der Waals surface area contributed by atoms with Gasteiger partial charge >= 0.3 is 0 Å². The SMILES string of the molecule is CC(=O)N1CCN(c2nc(N[C@H](C)c3cnc4ccccc4c3)c3c(cnn3C3CCCC3)n2)CC1. The highest BCUT2D eigenvalue weighted by Crippen LogP contribution is 2.35. The molecule has 1 atom stereocenters. The van der Waals surface area contributed by atoms with Crippen molar-refractivity contribution in [3.63, 3.8) is 0 Å². The highest BCUT2D eigenvalue weighted by atomic mass is 16.2. The van der Waals surface area contributed by atoms with Crippen molar-refractivity contribution in [2.24, 2.45) is 0 Å². The van der Waals surface area contributed by atoms with E-state index < -0.39 is 0 Å². The highest BCUT2D eigenvalue weighted by Gasteiger charge is 2.26. The molecule has 9 nitrogen and oxygen atoms in total. The van der Waals surface area contributed by atoms with Gasteiger partial charge in [-0.1, -0.05) is 31.0 Å². The third-order valence-electron chi connectivity index (χ3n) is 7.58. The number of hydrogen-bond donors (Lipinski definition) is 1. The van der Waals surface area contributed by atoms with Gasteiger partial charge in [-0.3, -0.25) is 14.5 Å². The van der Waals surface area contributed by atoms with Crippen LogP contribution in [-0.2, 0) is 4.79 Å². The van der Waals surface area contributed by atoms with E-state index >= 15 is 0 Å². The minimum atomic E-state index is -0.00505. The van der Waals surface area contributed by atoms with Gasteiger partial charge in [-0.05, 0) is 37.5 Å². The fourth-order valence-electron chi connectivity index (χ4n) is 5.45. The predicted octanol–water partition coefficient (Wildman–Crippen LogP) is 4.33. The Morgan fingerprint density at radius 2 is 1.81 bits per heavy atom. The summed E-state index contributed by atoms with van der Waals surface area (Å²) >= 11 is 0. The first-order valence-electron chi connectivity index (χ1n) is 12.9. The number of hydrogen-bond acceptors (Lipinski definition) is 7. The zero-order chi connectivity index (χ0) is 24.6. The van der Waals surface area contributed by atoms with Gasteiger partial charge in [0.15, 0.2) is 5.82 Å². The molecule has 1 aliphatic heterocycles. The monoisotopic (exact) mass is 484 g/mol. The smallest absolute Gasteiger partial charge is 0.228 e. The second-order valence-corrected chi connectivity index (χ2v) is 9.95. The highest BCUT2D eigenvalue weighted by molar-refractivity contribution is 5.87. The largest absolute Gasteiger partial charge is 0.362 e. The van der Waals surface area contributed by atoms with Crippen LogP contribution in [0.2, 0.25) is 0 Å². The molecule has 1 aliphatic carbocycles. The van der Waals surface area contributed by atoms with Crippen LogP contribution in [0.3, 0.4) is 0 Å². The summed E-state index contributed by atoms with van der Waals surface area (Å²) in [5, 5.41) is 9.57. The number of benzene rings is 1. The maximum absolute atomic E-state index is 11.8. The van der Waals surface area contributed by atoms with E-state index in [1.807, 2.05) is 35.5 Å². The van der Waals surface area contributed by atoms with Crippen molar-refractivity contribution in [2.75, 3.05) is 36.4 Å². The molecule has 0 spiro atoms. The van der Waals surface area contributed by atoms with Gasteiger partial charge in [0, 0.05) is 44.7 Å². The molecular formula is C27H32N8O. The van der Waals surface area contributed by atoms with Gasteiger partial charge < -0.3 is 15.1 Å². The van der Waals surface area contributed by atoms with Crippen molar-refractivity contribution in [2.45, 2.75) is 51.6 Å². The molecule has 6 rings (SSSR count). The number of carbonyl (C=O) groups excluding carboxylic acids is 1. The molecule has 1 aromatic carbocycles. The molecular weight excluding hydrogens is 452 g/mol. The second-order valence-electron chi connectivity index (χ2n) is 9.95. The van der Waals surface area contributed by atoms with Crippen LogP contribution in [0.1, 0.15) is 57.2 Å². The van der Waals surface area contributed by atoms with E-state index in [-0.39, 0.29) is 11.9 Å². The molecule has 1 saturated carbocycles. The number of aromatic nitrogens is 5. The van der Waals surface area contributed by atoms with E-state index in [0.29, 0.717) is 38.2 Å². The summed E-state index contributed by atoms with van der Waals surface area (Å²) in [6.07, 6.45) is 8.54. The van der Waals surface area contributed by atoms with Crippen molar-refractivity contribution in [1.29, 1.82) is 0 Å². The number of nitrogens with one attached hydrogen (secondary N) is 1. The van der Waals surface area contributed by atoms with Crippen molar-refractivity contribution in [3.8, 4) is 0 Å². The van der Waals surface area contributed by atoms with E-state index in [9.17, 15) is 4.79 Å². The zero-order valence-electron chi connectivity index (χ0n) is 20.9. The topological polar surface area (TPSA) is 92.1 Å². The molecule has 1 saturated heterocycles. The van der Waals surface area contributed by atoms with Crippen LogP contribution in [-0.4, -0.2) is 61.7 Å². The first kappa shape index (κ1) is 22.7. The van der Waals surface area contributed by atoms with Crippen LogP contribution in [0.5, 0.6) is 0 Å². The number of fused-ring (bicyclic) bond motifs is 2. The van der Waals surface area contributed by atoms with Crippen LogP contribution in [0.25, 0.3) is 21.9 Å². The van der Waals surface area contributed by atoms with Crippen LogP contribution in [0.4, 0.5) is 11.8 Å². The number of carbonyl (C=O) groups is 1. The van der Waals surface area contributed by atoms with Gasteiger partial charge in [0.05, 0.1) is 23.8 Å². The molecule has 36 heavy (non-hydrogen) atoms. The van der Waals surface area contributed by atoms with Gasteiger partial charge in [0.1, 0.15) is 11.0 Å². The molecule has 1 amide bonds. The summed E-state index contributed by atoms with van der Waals surface area (Å²) in [4.78, 5) is 30.5. The molecule has 0 radical (unpaired) electrons. The molecule has 2 fully saturated rings. The molecule has 0 unspecified atom stereocenters. The summed E-state index contributed by atoms with van der Waals surface area (Å²) in [6, 6.07) is 10.7. The normalized spacial score (nSPS) is 17.7. The Bertz CT molecular complexity index is 1400. The third-order valence-corrected chi connectivity index (χ3v) is 7.58. The summed E-state index contributed by atoms with van der Waals surface area (Å²) in [7, 11) is 0. The minimum absolute atomic E-state index is 0.00505. The Balaban J connectivity index is 1.36. The Morgan fingerprint density at radius 1 is 1.03 bits per heavy atom. The van der Waals surface area contributed by atoms with E-state index in [0.717, 1.165) is 46.2 Å². The number of amides is 1. The number of piperazine rings is 1. The average molecular weight is 485 g/mol. The Labute approximate surface area is 210 Å². The first-order chi connectivity index (χ1) is 17.6. The van der Waals surface area contributed by atoms with Gasteiger partial charge in [0.2, 0.25) is 11.9 Å². The number of pyridine rings is 1. The van der Waals surface area contributed by atoms with E-state index in [4.69, 9.17) is 15.1 Å². The first-order valence-corrected chi connectivity index (χ1v) is 12.9. The minimum Gasteiger partial charge on any atom is -0.362 e. The lowest BCUT2D eigenvalue weighted by Crippen LogP contribution is -2.48. The molecule has 2 aliphatic rings. The molecule has 1 N–H and O–H groups in total. The average Bonchev–Trinajstić information content (AvgIpc) is 3.58. The van der Waals surface area contributed by atoms with Crippen LogP contribution in [0.15, 0.2) is 42.7 Å². The standard InChI is InChI=1S/C27H32N8O/c1-18(21-15-20-7-3-6-10-23(20)28-16-21)30-26-25-24(17-29-35(25)22-8-4-5-9-22)31-27(32-26)34-13-11-33(12-14-34)19(2)36/h3,6-7,10,15-18,22H,4-5,8-9,11-14H2,1-2H3,(H,30,31,32)/t18-/m1/s1. The van der Waals surface area contributed by atoms with Crippen molar-refractivity contribution >= 4 is 39.6 Å². The second kappa shape index (κ2) is 9.37. The molecule has 4 aromatic rings. The third kappa shape index (κ3) is 4.23. The van der Waals surface area contributed by atoms with E-state index in [1.165, 1.54) is 12.8 Å². The van der Waals surface area contributed by atoms with Crippen LogP contribution < -0.4 is 10.2 Å². The summed E-state index contributed by atoms with van der Waals surface area (Å²) in [5.41, 5.74) is 3.91. The number of rotatable bonds is 5. The molecule has 4 heterocycles. The quantitative estimate of drug-likeness (QED) is 0.451. The Hall–Kier alpha value is -3.75. The van der Waals surface area contributed by atoms with Gasteiger partial charge in [-0.2, -0.15) is 10.1 Å². The zero-order valence-corrected chi connectivity index (χ0v) is 20.9. The maximum Gasteiger partial charge on any atom is 0.228 e. The lowest BCUT2D eigenvalue weighted by atomic mass is 10.1. The van der Waals surface area contributed by atoms with Crippen molar-refractivity contribution in [3.05, 3.63) is 48.3 Å². The molecule has 186 valence electrons. The van der Waals surface area contributed by atoms with Crippen LogP contribution in [0, 0.1) is 0 Å². The van der Waals surface area contributed by atoms with Gasteiger partial charge in [-0.15, -0.1) is 0 Å². The van der Waals surface area contributed by atoms with Gasteiger partial charge in [-0.25, -0.2) is 4.98 Å². The summed E-state index contributed by atoms with van der Waals surface area (Å²) in [5.74, 6) is 1.60. The molecule has 3 aromatic heterocycles. The van der Waals surface area contributed by atoms with E-state index in [1.54, 1.807) is 6.92 Å². The number of anilines is 2. The van der Waals surface area contributed by atoms with Crippen molar-refractivity contribution in [1.82, 2.24) is 29.6 Å². The summed E-state index contributed by atoms with van der Waals surface area (Å²) < 4.78 is 2.13. The molecule has 0 bridgehead atoms. The van der Waals surface area contributed by atoms with Gasteiger partial charge in [0.25, 0.3) is 0 Å². The van der Waals surface area contributed by atoms with Crippen LogP contribution >= 0.6 is 0 Å². The number of para-hydroxylation sites is 1. The lowest BCUT2D eigenvalue weighted by molar-refractivity contribution is -0.129. The summed E-state index contributed by atoms with van der Waals surface area (Å²) in [6.45, 7) is 6.55. The predicted molar refractivity (Wildman–Crippen MR) is 141 cm³/mol. The van der Waals surface area contributed by atoms with Crippen molar-refractivity contribution < 1.29 is 4.79 Å².